The molecule has 0 spiro atoms. The van der Waals surface area contributed by atoms with E-state index in [1.165, 1.54) is 0 Å². The lowest BCUT2D eigenvalue weighted by Crippen LogP contribution is -1.90. The minimum atomic E-state index is 0.386. The highest BCUT2D eigenvalue weighted by Crippen LogP contribution is 2.20. The first-order valence-corrected chi connectivity index (χ1v) is 6.54. The van der Waals surface area contributed by atoms with Gasteiger partial charge in [0.1, 0.15) is 17.5 Å². The number of nitriles is 1. The first-order chi connectivity index (χ1) is 10.2. The Hall–Kier alpha value is -2.71. The van der Waals surface area contributed by atoms with E-state index >= 15 is 0 Å². The number of nitrogens with zero attached hydrogens (tertiary/aromatic N) is 4. The first kappa shape index (κ1) is 13.3. The summed E-state index contributed by atoms with van der Waals surface area (Å²) in [7, 11) is 0. The standard InChI is InChI=1S/C15H9ClN4O/c16-11-2-4-13(19-8-11)14-9-20-15(21-14)5-10-1-3-12(6-17)18-7-10/h1-4,7-9H,5H2. The molecule has 0 saturated heterocycles. The summed E-state index contributed by atoms with van der Waals surface area (Å²) >= 11 is 5.80. The monoisotopic (exact) mass is 296 g/mol. The fourth-order valence-electron chi connectivity index (χ4n) is 1.80. The van der Waals surface area contributed by atoms with Gasteiger partial charge >= 0.3 is 0 Å². The highest BCUT2D eigenvalue weighted by atomic mass is 35.5. The van der Waals surface area contributed by atoms with E-state index in [0.717, 1.165) is 5.56 Å². The van der Waals surface area contributed by atoms with Crippen molar-refractivity contribution >= 4 is 11.6 Å². The zero-order valence-corrected chi connectivity index (χ0v) is 11.6. The normalized spacial score (nSPS) is 10.3. The number of halogens is 1. The number of pyridine rings is 2. The van der Waals surface area contributed by atoms with Crippen molar-refractivity contribution in [3.8, 4) is 17.5 Å². The summed E-state index contributed by atoms with van der Waals surface area (Å²) in [5.74, 6) is 1.15. The van der Waals surface area contributed by atoms with Gasteiger partial charge in [0, 0.05) is 12.4 Å². The van der Waals surface area contributed by atoms with E-state index in [9.17, 15) is 0 Å². The van der Waals surface area contributed by atoms with E-state index in [0.29, 0.717) is 34.5 Å². The number of oxazole rings is 1. The summed E-state index contributed by atoms with van der Waals surface area (Å²) in [5.41, 5.74) is 1.99. The lowest BCUT2D eigenvalue weighted by Gasteiger charge is -1.97. The molecule has 0 aliphatic carbocycles. The maximum atomic E-state index is 8.71. The van der Waals surface area contributed by atoms with Gasteiger partial charge in [-0.05, 0) is 23.8 Å². The maximum absolute atomic E-state index is 8.71. The molecule has 0 bridgehead atoms. The third kappa shape index (κ3) is 3.07. The van der Waals surface area contributed by atoms with Gasteiger partial charge in [-0.15, -0.1) is 0 Å². The van der Waals surface area contributed by atoms with Crippen LogP contribution in [-0.4, -0.2) is 15.0 Å². The fraction of sp³-hybridized carbons (Fsp3) is 0.0667. The van der Waals surface area contributed by atoms with Crippen LogP contribution >= 0.6 is 11.6 Å². The van der Waals surface area contributed by atoms with Crippen molar-refractivity contribution in [3.63, 3.8) is 0 Å². The van der Waals surface area contributed by atoms with Crippen LogP contribution < -0.4 is 0 Å². The van der Waals surface area contributed by atoms with Gasteiger partial charge < -0.3 is 4.42 Å². The lowest BCUT2D eigenvalue weighted by atomic mass is 10.2. The molecular weight excluding hydrogens is 288 g/mol. The lowest BCUT2D eigenvalue weighted by molar-refractivity contribution is 0.517. The van der Waals surface area contributed by atoms with Crippen LogP contribution in [0.3, 0.4) is 0 Å². The minimum absolute atomic E-state index is 0.386. The van der Waals surface area contributed by atoms with Crippen LogP contribution in [0.5, 0.6) is 0 Å². The van der Waals surface area contributed by atoms with Crippen LogP contribution in [0.1, 0.15) is 17.1 Å². The second-order valence-corrected chi connectivity index (χ2v) is 4.76. The van der Waals surface area contributed by atoms with Crippen molar-refractivity contribution in [1.29, 1.82) is 5.26 Å². The van der Waals surface area contributed by atoms with Crippen LogP contribution in [0.2, 0.25) is 5.02 Å². The van der Waals surface area contributed by atoms with E-state index in [4.69, 9.17) is 21.3 Å². The number of aromatic nitrogens is 3. The van der Waals surface area contributed by atoms with Crippen molar-refractivity contribution in [2.75, 3.05) is 0 Å². The van der Waals surface area contributed by atoms with E-state index < -0.39 is 0 Å². The van der Waals surface area contributed by atoms with Crippen molar-refractivity contribution < 1.29 is 4.42 Å². The van der Waals surface area contributed by atoms with Gasteiger partial charge in [-0.1, -0.05) is 17.7 Å². The molecule has 6 heteroatoms. The predicted molar refractivity (Wildman–Crippen MR) is 76.5 cm³/mol. The summed E-state index contributed by atoms with van der Waals surface area (Å²) in [6.45, 7) is 0. The molecule has 0 saturated carbocycles. The third-order valence-electron chi connectivity index (χ3n) is 2.83. The van der Waals surface area contributed by atoms with E-state index in [1.807, 2.05) is 12.1 Å². The Balaban J connectivity index is 1.78. The summed E-state index contributed by atoms with van der Waals surface area (Å²) in [5, 5.41) is 9.28. The van der Waals surface area contributed by atoms with Crippen LogP contribution in [0.15, 0.2) is 47.3 Å². The molecule has 5 nitrogen and oxygen atoms in total. The summed E-state index contributed by atoms with van der Waals surface area (Å²) in [6, 6.07) is 9.00. The van der Waals surface area contributed by atoms with E-state index in [2.05, 4.69) is 15.0 Å². The summed E-state index contributed by atoms with van der Waals surface area (Å²) in [4.78, 5) is 12.4. The Kier molecular flexibility index (Phi) is 3.63. The third-order valence-corrected chi connectivity index (χ3v) is 3.05. The molecule has 0 N–H and O–H groups in total. The second kappa shape index (κ2) is 5.73. The molecule has 102 valence electrons. The number of hydrogen-bond acceptors (Lipinski definition) is 5. The van der Waals surface area contributed by atoms with E-state index in [-0.39, 0.29) is 0 Å². The van der Waals surface area contributed by atoms with Crippen molar-refractivity contribution in [1.82, 2.24) is 15.0 Å². The molecule has 0 fully saturated rings. The smallest absolute Gasteiger partial charge is 0.199 e. The average Bonchev–Trinajstić information content (AvgIpc) is 2.97. The second-order valence-electron chi connectivity index (χ2n) is 4.32. The molecule has 3 rings (SSSR count). The summed E-state index contributed by atoms with van der Waals surface area (Å²) < 4.78 is 5.66. The van der Waals surface area contributed by atoms with Crippen molar-refractivity contribution in [3.05, 3.63) is 65.0 Å². The number of hydrogen-bond donors (Lipinski definition) is 0. The largest absolute Gasteiger partial charge is 0.439 e. The van der Waals surface area contributed by atoms with Crippen LogP contribution in [0, 0.1) is 11.3 Å². The fourth-order valence-corrected chi connectivity index (χ4v) is 1.91. The topological polar surface area (TPSA) is 75.6 Å². The van der Waals surface area contributed by atoms with Gasteiger partial charge in [-0.2, -0.15) is 5.26 Å². The highest BCUT2D eigenvalue weighted by molar-refractivity contribution is 6.30. The molecule has 0 amide bonds. The van der Waals surface area contributed by atoms with Gasteiger partial charge in [-0.25, -0.2) is 9.97 Å². The molecule has 0 aromatic carbocycles. The molecule has 0 aliphatic heterocycles. The molecule has 0 aliphatic rings. The Morgan fingerprint density at radius 3 is 2.62 bits per heavy atom. The SMILES string of the molecule is N#Cc1ccc(Cc2ncc(-c3ccc(Cl)cn3)o2)cn1. The highest BCUT2D eigenvalue weighted by Gasteiger charge is 2.08. The maximum Gasteiger partial charge on any atom is 0.199 e. The predicted octanol–water partition coefficient (Wildman–Crippen LogP) is 3.25. The molecule has 0 unspecified atom stereocenters. The minimum Gasteiger partial charge on any atom is -0.439 e. The van der Waals surface area contributed by atoms with Gasteiger partial charge in [-0.3, -0.25) is 4.98 Å². The average molecular weight is 297 g/mol. The van der Waals surface area contributed by atoms with Gasteiger partial charge in [0.25, 0.3) is 0 Å². The molecule has 3 heterocycles. The van der Waals surface area contributed by atoms with E-state index in [1.54, 1.807) is 36.8 Å². The first-order valence-electron chi connectivity index (χ1n) is 6.16. The number of rotatable bonds is 3. The van der Waals surface area contributed by atoms with Crippen molar-refractivity contribution in [2.45, 2.75) is 6.42 Å². The molecule has 3 aromatic rings. The van der Waals surface area contributed by atoms with Crippen LogP contribution in [0.25, 0.3) is 11.5 Å². The zero-order valence-electron chi connectivity index (χ0n) is 10.8. The molecule has 0 atom stereocenters. The molecule has 21 heavy (non-hydrogen) atoms. The summed E-state index contributed by atoms with van der Waals surface area (Å²) in [6.07, 6.45) is 5.33. The Bertz CT molecular complexity index is 788. The van der Waals surface area contributed by atoms with Gasteiger partial charge in [0.15, 0.2) is 11.7 Å². The molecular formula is C15H9ClN4O. The van der Waals surface area contributed by atoms with Crippen molar-refractivity contribution in [2.24, 2.45) is 0 Å². The van der Waals surface area contributed by atoms with Gasteiger partial charge in [0.2, 0.25) is 0 Å². The molecule has 3 aromatic heterocycles. The van der Waals surface area contributed by atoms with Crippen LogP contribution in [0.4, 0.5) is 0 Å². The Labute approximate surface area is 125 Å². The van der Waals surface area contributed by atoms with Crippen LogP contribution in [-0.2, 0) is 6.42 Å². The molecule has 0 radical (unpaired) electrons. The van der Waals surface area contributed by atoms with Gasteiger partial charge in [0.05, 0.1) is 17.6 Å². The quantitative estimate of drug-likeness (QED) is 0.741. The zero-order chi connectivity index (χ0) is 14.7. The Morgan fingerprint density at radius 2 is 1.95 bits per heavy atom. The Morgan fingerprint density at radius 1 is 1.05 bits per heavy atom.